The van der Waals surface area contributed by atoms with Crippen LogP contribution in [-0.4, -0.2) is 22.6 Å². The van der Waals surface area contributed by atoms with Crippen LogP contribution >= 0.6 is 11.3 Å². The molecule has 0 aromatic carbocycles. The number of carbonyl (C=O) groups is 1. The van der Waals surface area contributed by atoms with Gasteiger partial charge in [-0.2, -0.15) is 0 Å². The summed E-state index contributed by atoms with van der Waals surface area (Å²) in [6.45, 7) is 0.484. The number of rotatable bonds is 3. The predicted octanol–water partition coefficient (Wildman–Crippen LogP) is 2.29. The van der Waals surface area contributed by atoms with Gasteiger partial charge in [-0.1, -0.05) is 6.07 Å². The molecule has 0 amide bonds. The van der Waals surface area contributed by atoms with E-state index in [4.69, 9.17) is 0 Å². The zero-order valence-electron chi connectivity index (χ0n) is 11.3. The van der Waals surface area contributed by atoms with E-state index in [0.717, 1.165) is 15.9 Å². The van der Waals surface area contributed by atoms with E-state index in [1.54, 1.807) is 24.4 Å². The first-order chi connectivity index (χ1) is 10.2. The Morgan fingerprint density at radius 3 is 3.00 bits per heavy atom. The highest BCUT2D eigenvalue weighted by Gasteiger charge is 2.09. The molecule has 3 rings (SSSR count). The van der Waals surface area contributed by atoms with E-state index < -0.39 is 5.97 Å². The molecule has 0 unspecified atom stereocenters. The first-order valence-electron chi connectivity index (χ1n) is 6.30. The van der Waals surface area contributed by atoms with Crippen molar-refractivity contribution in [3.8, 4) is 0 Å². The lowest BCUT2D eigenvalue weighted by molar-refractivity contribution is 0.0593. The van der Waals surface area contributed by atoms with Crippen molar-refractivity contribution in [3.63, 3.8) is 0 Å². The van der Waals surface area contributed by atoms with E-state index in [1.165, 1.54) is 18.4 Å². The molecule has 3 heterocycles. The van der Waals surface area contributed by atoms with Crippen LogP contribution in [0.5, 0.6) is 0 Å². The second-order valence-electron chi connectivity index (χ2n) is 4.45. The molecule has 0 bridgehead atoms. The van der Waals surface area contributed by atoms with Gasteiger partial charge in [0.15, 0.2) is 5.43 Å². The lowest BCUT2D eigenvalue weighted by Gasteiger charge is -2.08. The van der Waals surface area contributed by atoms with E-state index in [1.807, 2.05) is 22.1 Å². The van der Waals surface area contributed by atoms with Crippen LogP contribution in [0.15, 0.2) is 46.7 Å². The van der Waals surface area contributed by atoms with E-state index in [2.05, 4.69) is 9.72 Å². The fourth-order valence-electron chi connectivity index (χ4n) is 2.13. The quantitative estimate of drug-likeness (QED) is 0.696. The van der Waals surface area contributed by atoms with Crippen LogP contribution < -0.4 is 5.43 Å². The number of pyridine rings is 2. The number of fused-ring (bicyclic) bond motifs is 1. The molecule has 0 atom stereocenters. The van der Waals surface area contributed by atoms with Gasteiger partial charge in [0.25, 0.3) is 0 Å². The summed E-state index contributed by atoms with van der Waals surface area (Å²) in [5, 5.41) is 1.89. The van der Waals surface area contributed by atoms with Crippen LogP contribution in [0.3, 0.4) is 0 Å². The minimum atomic E-state index is -0.461. The molecule has 0 aliphatic rings. The van der Waals surface area contributed by atoms with E-state index >= 15 is 0 Å². The SMILES string of the molecule is COC(=O)c1cccc(Cn2ccc(=O)c3sccc32)n1. The van der Waals surface area contributed by atoms with Crippen LogP contribution in [-0.2, 0) is 11.3 Å². The largest absolute Gasteiger partial charge is 0.464 e. The van der Waals surface area contributed by atoms with Gasteiger partial charge in [-0.15, -0.1) is 11.3 Å². The van der Waals surface area contributed by atoms with Crippen molar-refractivity contribution in [2.24, 2.45) is 0 Å². The minimum Gasteiger partial charge on any atom is -0.464 e. The maximum atomic E-state index is 11.7. The zero-order valence-corrected chi connectivity index (χ0v) is 12.1. The lowest BCUT2D eigenvalue weighted by Crippen LogP contribution is -2.10. The van der Waals surface area contributed by atoms with Crippen LogP contribution in [0.2, 0.25) is 0 Å². The summed E-state index contributed by atoms with van der Waals surface area (Å²) < 4.78 is 7.33. The summed E-state index contributed by atoms with van der Waals surface area (Å²) in [5.74, 6) is -0.461. The average molecular weight is 300 g/mol. The Morgan fingerprint density at radius 1 is 1.33 bits per heavy atom. The van der Waals surface area contributed by atoms with E-state index in [-0.39, 0.29) is 11.1 Å². The molecule has 5 nitrogen and oxygen atoms in total. The summed E-state index contributed by atoms with van der Waals surface area (Å²) in [7, 11) is 1.33. The first-order valence-corrected chi connectivity index (χ1v) is 7.18. The first kappa shape index (κ1) is 13.5. The maximum Gasteiger partial charge on any atom is 0.356 e. The molecule has 0 saturated carbocycles. The van der Waals surface area contributed by atoms with Crippen molar-refractivity contribution in [3.05, 3.63) is 63.5 Å². The Balaban J connectivity index is 1.99. The number of thiophene rings is 1. The summed E-state index contributed by atoms with van der Waals surface area (Å²) in [5.41, 5.74) is 1.90. The van der Waals surface area contributed by atoms with Gasteiger partial charge in [0.05, 0.1) is 29.6 Å². The van der Waals surface area contributed by atoms with Gasteiger partial charge in [0, 0.05) is 12.3 Å². The second-order valence-corrected chi connectivity index (χ2v) is 5.36. The Bertz CT molecular complexity index is 866. The number of nitrogens with zero attached hydrogens (tertiary/aromatic N) is 2. The Labute approximate surface area is 124 Å². The topological polar surface area (TPSA) is 61.2 Å². The number of aromatic nitrogens is 2. The Kier molecular flexibility index (Phi) is 3.53. The molecule has 0 N–H and O–H groups in total. The summed E-state index contributed by atoms with van der Waals surface area (Å²) in [6, 6.07) is 8.67. The number of hydrogen-bond acceptors (Lipinski definition) is 5. The second kappa shape index (κ2) is 5.49. The lowest BCUT2D eigenvalue weighted by atomic mass is 10.3. The number of methoxy groups -OCH3 is 1. The molecule has 106 valence electrons. The zero-order chi connectivity index (χ0) is 14.8. The molecule has 0 fully saturated rings. The third-order valence-electron chi connectivity index (χ3n) is 3.12. The highest BCUT2D eigenvalue weighted by Crippen LogP contribution is 2.17. The molecule has 21 heavy (non-hydrogen) atoms. The number of ether oxygens (including phenoxy) is 1. The molecular weight excluding hydrogens is 288 g/mol. The minimum absolute atomic E-state index is 0.0209. The maximum absolute atomic E-state index is 11.7. The van der Waals surface area contributed by atoms with Crippen molar-refractivity contribution >= 4 is 27.5 Å². The van der Waals surface area contributed by atoms with Crippen molar-refractivity contribution in [1.29, 1.82) is 0 Å². The molecular formula is C15H12N2O3S. The molecule has 0 spiro atoms. The number of hydrogen-bond donors (Lipinski definition) is 0. The molecule has 3 aromatic rings. The smallest absolute Gasteiger partial charge is 0.356 e. The Morgan fingerprint density at radius 2 is 2.19 bits per heavy atom. The molecule has 0 radical (unpaired) electrons. The molecule has 0 aliphatic carbocycles. The third-order valence-corrected chi connectivity index (χ3v) is 4.04. The van der Waals surface area contributed by atoms with Crippen LogP contribution in [0, 0.1) is 0 Å². The molecule has 3 aromatic heterocycles. The molecule has 0 aliphatic heterocycles. The third kappa shape index (κ3) is 2.57. The van der Waals surface area contributed by atoms with Gasteiger partial charge < -0.3 is 9.30 Å². The standard InChI is InChI=1S/C15H12N2O3S/c1-20-15(19)11-4-2-3-10(16-11)9-17-7-5-13(18)14-12(17)6-8-21-14/h2-8H,9H2,1H3. The number of esters is 1. The van der Waals surface area contributed by atoms with Crippen LogP contribution in [0.1, 0.15) is 16.2 Å². The van der Waals surface area contributed by atoms with Crippen molar-refractivity contribution in [2.75, 3.05) is 7.11 Å². The van der Waals surface area contributed by atoms with E-state index in [9.17, 15) is 9.59 Å². The van der Waals surface area contributed by atoms with Crippen molar-refractivity contribution in [1.82, 2.24) is 9.55 Å². The van der Waals surface area contributed by atoms with Gasteiger partial charge in [-0.3, -0.25) is 4.79 Å². The van der Waals surface area contributed by atoms with Crippen molar-refractivity contribution < 1.29 is 9.53 Å². The molecule has 0 saturated heterocycles. The monoisotopic (exact) mass is 300 g/mol. The van der Waals surface area contributed by atoms with Crippen LogP contribution in [0.25, 0.3) is 10.2 Å². The van der Waals surface area contributed by atoms with Gasteiger partial charge in [-0.05, 0) is 23.6 Å². The van der Waals surface area contributed by atoms with Gasteiger partial charge in [0.2, 0.25) is 0 Å². The molecule has 6 heteroatoms. The fraction of sp³-hybridized carbons (Fsp3) is 0.133. The van der Waals surface area contributed by atoms with Gasteiger partial charge in [-0.25, -0.2) is 9.78 Å². The summed E-state index contributed by atoms with van der Waals surface area (Å²) in [4.78, 5) is 27.5. The predicted molar refractivity (Wildman–Crippen MR) is 80.8 cm³/mol. The number of carbonyl (C=O) groups excluding carboxylic acids is 1. The van der Waals surface area contributed by atoms with Gasteiger partial charge >= 0.3 is 5.97 Å². The Hall–Kier alpha value is -2.47. The average Bonchev–Trinajstić information content (AvgIpc) is 3.00. The summed E-state index contributed by atoms with van der Waals surface area (Å²) in [6.07, 6.45) is 1.74. The van der Waals surface area contributed by atoms with Crippen LogP contribution in [0.4, 0.5) is 0 Å². The highest BCUT2D eigenvalue weighted by molar-refractivity contribution is 7.17. The normalized spacial score (nSPS) is 10.7. The summed E-state index contributed by atoms with van der Waals surface area (Å²) >= 11 is 1.42. The highest BCUT2D eigenvalue weighted by atomic mass is 32.1. The van der Waals surface area contributed by atoms with Gasteiger partial charge in [0.1, 0.15) is 5.69 Å². The van der Waals surface area contributed by atoms with Crippen molar-refractivity contribution in [2.45, 2.75) is 6.54 Å². The van der Waals surface area contributed by atoms with E-state index in [0.29, 0.717) is 6.54 Å². The fourth-order valence-corrected chi connectivity index (χ4v) is 2.95.